The van der Waals surface area contributed by atoms with Crippen molar-refractivity contribution < 1.29 is 23.8 Å². The maximum absolute atomic E-state index is 13.7. The van der Waals surface area contributed by atoms with Gasteiger partial charge in [0.1, 0.15) is 23.7 Å². The molecule has 2 heterocycles. The Morgan fingerprint density at radius 1 is 1.27 bits per heavy atom. The molecule has 1 saturated heterocycles. The van der Waals surface area contributed by atoms with Crippen molar-refractivity contribution in [1.82, 2.24) is 10.3 Å². The normalized spacial score (nSPS) is 14.8. The van der Waals surface area contributed by atoms with E-state index in [1.165, 1.54) is 30.5 Å². The predicted octanol–water partition coefficient (Wildman–Crippen LogP) is 5.45. The van der Waals surface area contributed by atoms with Gasteiger partial charge in [0, 0.05) is 49.0 Å². The Morgan fingerprint density at radius 3 is 2.88 bits per heavy atom. The maximum atomic E-state index is 13.7. The van der Waals surface area contributed by atoms with Gasteiger partial charge in [-0.1, -0.05) is 30.5 Å². The molecule has 0 spiro atoms. The summed E-state index contributed by atoms with van der Waals surface area (Å²) >= 11 is 5.97. The topological polar surface area (TPSA) is 129 Å². The summed E-state index contributed by atoms with van der Waals surface area (Å²) in [7, 11) is 0. The van der Waals surface area contributed by atoms with Gasteiger partial charge in [-0.2, -0.15) is 5.26 Å². The Bertz CT molecular complexity index is 1420. The van der Waals surface area contributed by atoms with Gasteiger partial charge in [-0.25, -0.2) is 4.39 Å². The fraction of sp³-hybridized carbons (Fsp3) is 0.367. The quantitative estimate of drug-likeness (QED) is 0.146. The second-order valence-corrected chi connectivity index (χ2v) is 10.0. The van der Waals surface area contributed by atoms with Crippen molar-refractivity contribution >= 4 is 45.5 Å². The number of benzene rings is 2. The van der Waals surface area contributed by atoms with E-state index < -0.39 is 5.82 Å². The van der Waals surface area contributed by atoms with Gasteiger partial charge >= 0.3 is 0 Å². The second-order valence-electron chi connectivity index (χ2n) is 9.62. The number of nitriles is 1. The molecule has 1 aliphatic heterocycles. The van der Waals surface area contributed by atoms with Gasteiger partial charge < -0.3 is 30.5 Å². The van der Waals surface area contributed by atoms with E-state index in [1.807, 2.05) is 0 Å². The lowest BCUT2D eigenvalue weighted by Gasteiger charge is -2.18. The average Bonchev–Trinajstić information content (AvgIpc) is 3.48. The first-order chi connectivity index (χ1) is 20.0. The lowest BCUT2D eigenvalue weighted by atomic mass is 10.1. The van der Waals surface area contributed by atoms with Gasteiger partial charge in [0.2, 0.25) is 5.91 Å². The molecule has 1 amide bonds. The molecule has 4 N–H and O–H groups in total. The first kappa shape index (κ1) is 30.2. The van der Waals surface area contributed by atoms with E-state index in [-0.39, 0.29) is 29.2 Å². The van der Waals surface area contributed by atoms with Crippen LogP contribution in [0.4, 0.5) is 21.5 Å². The van der Waals surface area contributed by atoms with Crippen LogP contribution in [0.1, 0.15) is 37.7 Å². The number of hydrogen-bond acceptors (Lipinski definition) is 8. The minimum Gasteiger partial charge on any atom is -0.486 e. The number of unbranched alkanes of at least 4 members (excludes halogenated alkanes) is 3. The first-order valence-corrected chi connectivity index (χ1v) is 14.0. The van der Waals surface area contributed by atoms with Crippen molar-refractivity contribution in [3.8, 4) is 11.8 Å². The Labute approximate surface area is 243 Å². The molecule has 4 rings (SSSR count). The number of ether oxygens (including phenoxy) is 2. The number of pyridine rings is 1. The number of aliphatic hydroxyl groups is 1. The summed E-state index contributed by atoms with van der Waals surface area (Å²) in [4.78, 5) is 17.3. The highest BCUT2D eigenvalue weighted by atomic mass is 35.5. The minimum absolute atomic E-state index is 0.0581. The lowest BCUT2D eigenvalue weighted by molar-refractivity contribution is -0.111. The van der Waals surface area contributed by atoms with Gasteiger partial charge in [-0.15, -0.1) is 0 Å². The first-order valence-electron chi connectivity index (χ1n) is 13.6. The Kier molecular flexibility index (Phi) is 11.3. The zero-order chi connectivity index (χ0) is 29.0. The number of amides is 1. The third-order valence-electron chi connectivity index (χ3n) is 6.51. The molecular formula is C30H33ClFN5O4. The highest BCUT2D eigenvalue weighted by molar-refractivity contribution is 6.31. The van der Waals surface area contributed by atoms with E-state index in [0.717, 1.165) is 38.6 Å². The third kappa shape index (κ3) is 8.62. The Balaban J connectivity index is 1.56. The second kappa shape index (κ2) is 15.3. The van der Waals surface area contributed by atoms with Crippen molar-refractivity contribution in [2.75, 3.05) is 43.5 Å². The Hall–Kier alpha value is -3.75. The SMILES string of the molecule is N#Cc1cnc2cc(OC3CCOC3)c(NC(=O)C=CCNCCCCCCO)cc2c1Nc1ccc(F)c(Cl)c1. The van der Waals surface area contributed by atoms with Crippen LogP contribution in [0.2, 0.25) is 5.02 Å². The highest BCUT2D eigenvalue weighted by Crippen LogP contribution is 2.37. The zero-order valence-corrected chi connectivity index (χ0v) is 23.3. The minimum atomic E-state index is -0.554. The number of halogens is 2. The highest BCUT2D eigenvalue weighted by Gasteiger charge is 2.21. The number of carbonyl (C=O) groups excluding carboxylic acids is 1. The third-order valence-corrected chi connectivity index (χ3v) is 6.80. The summed E-state index contributed by atoms with van der Waals surface area (Å²) in [5, 5.41) is 28.4. The van der Waals surface area contributed by atoms with Crippen molar-refractivity contribution in [2.45, 2.75) is 38.2 Å². The van der Waals surface area contributed by atoms with Crippen LogP contribution in [0.25, 0.3) is 10.9 Å². The summed E-state index contributed by atoms with van der Waals surface area (Å²) in [6.45, 7) is 2.62. The molecule has 1 unspecified atom stereocenters. The maximum Gasteiger partial charge on any atom is 0.248 e. The van der Waals surface area contributed by atoms with E-state index >= 15 is 0 Å². The van der Waals surface area contributed by atoms with E-state index in [1.54, 1.807) is 18.2 Å². The van der Waals surface area contributed by atoms with Gasteiger partial charge in [0.05, 0.1) is 40.7 Å². The Morgan fingerprint density at radius 2 is 2.12 bits per heavy atom. The molecule has 3 aromatic rings. The van der Waals surface area contributed by atoms with Crippen LogP contribution >= 0.6 is 11.6 Å². The van der Waals surface area contributed by atoms with Gasteiger partial charge in [-0.05, 0) is 43.7 Å². The lowest BCUT2D eigenvalue weighted by Crippen LogP contribution is -2.18. The number of aromatic nitrogens is 1. The van der Waals surface area contributed by atoms with E-state index in [2.05, 4.69) is 27.0 Å². The fourth-order valence-electron chi connectivity index (χ4n) is 4.38. The number of aliphatic hydroxyl groups excluding tert-OH is 1. The monoisotopic (exact) mass is 581 g/mol. The fourth-order valence-corrected chi connectivity index (χ4v) is 4.56. The van der Waals surface area contributed by atoms with Crippen LogP contribution in [0.15, 0.2) is 48.7 Å². The van der Waals surface area contributed by atoms with Crippen LogP contribution in [0.3, 0.4) is 0 Å². The molecule has 0 bridgehead atoms. The van der Waals surface area contributed by atoms with Gasteiger partial charge in [0.15, 0.2) is 0 Å². The molecule has 11 heteroatoms. The molecule has 0 radical (unpaired) electrons. The standard InChI is InChI=1S/C30H33ClFN5O4/c31-24-14-21(7-8-25(24)32)36-30-20(17-33)18-35-26-16-28(41-22-9-13-40-19-22)27(15-23(26)30)37-29(39)6-5-11-34-10-3-1-2-4-12-38/h5-8,14-16,18,22,34,38H,1-4,9-13,19H2,(H,35,36)(H,37,39). The summed E-state index contributed by atoms with van der Waals surface area (Å²) in [5.41, 5.74) is 2.12. The van der Waals surface area contributed by atoms with Crippen LogP contribution < -0.4 is 20.7 Å². The molecule has 1 atom stereocenters. The zero-order valence-electron chi connectivity index (χ0n) is 22.6. The summed E-state index contributed by atoms with van der Waals surface area (Å²) in [6, 6.07) is 9.74. The van der Waals surface area contributed by atoms with Crippen LogP contribution in [0.5, 0.6) is 5.75 Å². The average molecular weight is 582 g/mol. The van der Waals surface area contributed by atoms with Crippen LogP contribution in [-0.4, -0.2) is 55.0 Å². The number of hydrogen-bond donors (Lipinski definition) is 4. The van der Waals surface area contributed by atoms with E-state index in [4.69, 9.17) is 26.2 Å². The number of fused-ring (bicyclic) bond motifs is 1. The molecule has 41 heavy (non-hydrogen) atoms. The molecule has 0 aliphatic carbocycles. The number of rotatable bonds is 14. The molecule has 0 saturated carbocycles. The summed E-state index contributed by atoms with van der Waals surface area (Å²) in [5.74, 6) is -0.462. The predicted molar refractivity (Wildman–Crippen MR) is 157 cm³/mol. The van der Waals surface area contributed by atoms with Gasteiger partial charge in [0.25, 0.3) is 0 Å². The molecule has 2 aromatic carbocycles. The van der Waals surface area contributed by atoms with E-state index in [0.29, 0.717) is 53.5 Å². The van der Waals surface area contributed by atoms with E-state index in [9.17, 15) is 14.4 Å². The van der Waals surface area contributed by atoms with Gasteiger partial charge in [-0.3, -0.25) is 9.78 Å². The van der Waals surface area contributed by atoms with Crippen molar-refractivity contribution in [1.29, 1.82) is 5.26 Å². The van der Waals surface area contributed by atoms with Crippen molar-refractivity contribution in [2.24, 2.45) is 0 Å². The van der Waals surface area contributed by atoms with Crippen LogP contribution in [-0.2, 0) is 9.53 Å². The molecule has 1 fully saturated rings. The molecule has 1 aliphatic rings. The number of nitrogens with one attached hydrogen (secondary N) is 3. The number of carbonyl (C=O) groups is 1. The molecule has 1 aromatic heterocycles. The smallest absolute Gasteiger partial charge is 0.248 e. The summed E-state index contributed by atoms with van der Waals surface area (Å²) in [6.07, 6.45) is 9.06. The van der Waals surface area contributed by atoms with Crippen LogP contribution in [0, 0.1) is 17.1 Å². The summed E-state index contributed by atoms with van der Waals surface area (Å²) < 4.78 is 25.4. The molecule has 216 valence electrons. The largest absolute Gasteiger partial charge is 0.486 e. The number of nitrogens with zero attached hydrogens (tertiary/aromatic N) is 2. The molecular weight excluding hydrogens is 549 g/mol. The van der Waals surface area contributed by atoms with Crippen molar-refractivity contribution in [3.05, 3.63) is 65.1 Å². The van der Waals surface area contributed by atoms with Crippen molar-refractivity contribution in [3.63, 3.8) is 0 Å². The molecule has 9 nitrogen and oxygen atoms in total. The number of anilines is 3.